The van der Waals surface area contributed by atoms with Gasteiger partial charge in [0.25, 0.3) is 0 Å². The quantitative estimate of drug-likeness (QED) is 0.831. The van der Waals surface area contributed by atoms with Crippen LogP contribution in [0, 0.1) is 0 Å². The second kappa shape index (κ2) is 6.48. The van der Waals surface area contributed by atoms with Crippen LogP contribution in [0.5, 0.6) is 5.75 Å². The van der Waals surface area contributed by atoms with Gasteiger partial charge in [-0.3, -0.25) is 0 Å². The third kappa shape index (κ3) is 3.37. The first-order valence-corrected chi connectivity index (χ1v) is 8.61. The van der Waals surface area contributed by atoms with E-state index in [-0.39, 0.29) is 0 Å². The van der Waals surface area contributed by atoms with Gasteiger partial charge < -0.3 is 10.1 Å². The number of hydrogen-bond acceptors (Lipinski definition) is 3. The maximum absolute atomic E-state index is 5.95. The fourth-order valence-electron chi connectivity index (χ4n) is 2.43. The lowest BCUT2D eigenvalue weighted by Gasteiger charge is -2.27. The molecule has 1 aromatic carbocycles. The smallest absolute Gasteiger partial charge is 0.124 e. The molecule has 0 aliphatic carbocycles. The predicted molar refractivity (Wildman–Crippen MR) is 88.0 cm³/mol. The van der Waals surface area contributed by atoms with E-state index in [4.69, 9.17) is 16.3 Å². The van der Waals surface area contributed by atoms with Crippen molar-refractivity contribution in [3.05, 3.63) is 49.6 Å². The Balaban J connectivity index is 1.63. The maximum Gasteiger partial charge on any atom is 0.124 e. The Morgan fingerprint density at radius 2 is 2.25 bits per heavy atom. The highest BCUT2D eigenvalue weighted by Gasteiger charge is 2.21. The number of benzene rings is 1. The summed E-state index contributed by atoms with van der Waals surface area (Å²) in [6, 6.07) is 10.6. The summed E-state index contributed by atoms with van der Waals surface area (Å²) < 4.78 is 7.66. The standard InChI is InChI=1S/C15H15BrClNOS/c16-10-1-3-14-12(9-10)13(6-8-19-14)18-7-5-11-2-4-15(17)20-11/h1-4,9,13,18H,5-8H2. The van der Waals surface area contributed by atoms with Gasteiger partial charge in [0.15, 0.2) is 0 Å². The largest absolute Gasteiger partial charge is 0.493 e. The molecule has 5 heteroatoms. The molecule has 0 fully saturated rings. The molecule has 0 bridgehead atoms. The molecule has 1 unspecified atom stereocenters. The van der Waals surface area contributed by atoms with Crippen LogP contribution in [0.3, 0.4) is 0 Å². The zero-order valence-corrected chi connectivity index (χ0v) is 14.0. The van der Waals surface area contributed by atoms with Gasteiger partial charge in [-0.1, -0.05) is 27.5 Å². The fourth-order valence-corrected chi connectivity index (χ4v) is 3.90. The van der Waals surface area contributed by atoms with Gasteiger partial charge in [0.1, 0.15) is 5.75 Å². The molecule has 106 valence electrons. The zero-order chi connectivity index (χ0) is 13.9. The summed E-state index contributed by atoms with van der Waals surface area (Å²) in [4.78, 5) is 1.32. The zero-order valence-electron chi connectivity index (χ0n) is 10.9. The van der Waals surface area contributed by atoms with Crippen LogP contribution in [0.25, 0.3) is 0 Å². The van der Waals surface area contributed by atoms with Crippen LogP contribution >= 0.6 is 38.9 Å². The summed E-state index contributed by atoms with van der Waals surface area (Å²) in [6.45, 7) is 1.73. The van der Waals surface area contributed by atoms with Crippen LogP contribution < -0.4 is 10.1 Å². The molecular formula is C15H15BrClNOS. The lowest BCUT2D eigenvalue weighted by molar-refractivity contribution is 0.253. The molecule has 2 heterocycles. The van der Waals surface area contributed by atoms with Crippen molar-refractivity contribution in [2.75, 3.05) is 13.2 Å². The van der Waals surface area contributed by atoms with Crippen LogP contribution in [0.1, 0.15) is 22.9 Å². The van der Waals surface area contributed by atoms with Gasteiger partial charge in [-0.05, 0) is 36.8 Å². The molecule has 0 amide bonds. The molecule has 2 nitrogen and oxygen atoms in total. The minimum absolute atomic E-state index is 0.367. The molecular weight excluding hydrogens is 358 g/mol. The van der Waals surface area contributed by atoms with Crippen molar-refractivity contribution >= 4 is 38.9 Å². The molecule has 2 aromatic rings. The molecule has 1 aromatic heterocycles. The third-order valence-electron chi connectivity index (χ3n) is 3.40. The minimum atomic E-state index is 0.367. The molecule has 0 spiro atoms. The van der Waals surface area contributed by atoms with E-state index >= 15 is 0 Å². The van der Waals surface area contributed by atoms with Crippen LogP contribution in [0.2, 0.25) is 4.34 Å². The van der Waals surface area contributed by atoms with Crippen molar-refractivity contribution in [2.24, 2.45) is 0 Å². The first-order chi connectivity index (χ1) is 9.72. The monoisotopic (exact) mass is 371 g/mol. The molecule has 1 N–H and O–H groups in total. The van der Waals surface area contributed by atoms with Crippen molar-refractivity contribution in [1.29, 1.82) is 0 Å². The van der Waals surface area contributed by atoms with E-state index in [1.54, 1.807) is 11.3 Å². The van der Waals surface area contributed by atoms with E-state index < -0.39 is 0 Å². The number of nitrogens with one attached hydrogen (secondary N) is 1. The Morgan fingerprint density at radius 3 is 3.05 bits per heavy atom. The Hall–Kier alpha value is -0.550. The minimum Gasteiger partial charge on any atom is -0.493 e. The Morgan fingerprint density at radius 1 is 1.35 bits per heavy atom. The summed E-state index contributed by atoms with van der Waals surface area (Å²) >= 11 is 11.1. The number of halogens is 2. The second-order valence-corrected chi connectivity index (χ2v) is 7.50. The molecule has 0 saturated heterocycles. The third-order valence-corrected chi connectivity index (χ3v) is 5.19. The first kappa shape index (κ1) is 14.4. The molecule has 1 atom stereocenters. The first-order valence-electron chi connectivity index (χ1n) is 6.62. The van der Waals surface area contributed by atoms with E-state index in [1.165, 1.54) is 10.4 Å². The van der Waals surface area contributed by atoms with Crippen molar-refractivity contribution in [3.8, 4) is 5.75 Å². The van der Waals surface area contributed by atoms with E-state index in [0.717, 1.165) is 40.6 Å². The number of hydrogen-bond donors (Lipinski definition) is 1. The molecule has 3 rings (SSSR count). The van der Waals surface area contributed by atoms with E-state index in [1.807, 2.05) is 18.2 Å². The Kier molecular flexibility index (Phi) is 4.66. The number of ether oxygens (including phenoxy) is 1. The summed E-state index contributed by atoms with van der Waals surface area (Å²) in [5.41, 5.74) is 1.25. The van der Waals surface area contributed by atoms with Crippen molar-refractivity contribution < 1.29 is 4.74 Å². The molecule has 0 radical (unpaired) electrons. The second-order valence-electron chi connectivity index (χ2n) is 4.78. The van der Waals surface area contributed by atoms with Gasteiger partial charge in [-0.15, -0.1) is 11.3 Å². The number of thiophene rings is 1. The average molecular weight is 373 g/mol. The highest BCUT2D eigenvalue weighted by molar-refractivity contribution is 9.10. The summed E-state index contributed by atoms with van der Waals surface area (Å²) in [6.07, 6.45) is 2.02. The normalized spacial score (nSPS) is 17.6. The Labute approximate surface area is 136 Å². The van der Waals surface area contributed by atoms with Crippen molar-refractivity contribution in [3.63, 3.8) is 0 Å². The lowest BCUT2D eigenvalue weighted by Crippen LogP contribution is -2.28. The van der Waals surface area contributed by atoms with E-state index in [0.29, 0.717) is 6.04 Å². The molecule has 20 heavy (non-hydrogen) atoms. The Bertz CT molecular complexity index is 601. The van der Waals surface area contributed by atoms with Gasteiger partial charge in [0, 0.05) is 33.9 Å². The average Bonchev–Trinajstić information content (AvgIpc) is 2.85. The van der Waals surface area contributed by atoms with Crippen molar-refractivity contribution in [2.45, 2.75) is 18.9 Å². The van der Waals surface area contributed by atoms with Crippen LogP contribution in [-0.4, -0.2) is 13.2 Å². The summed E-state index contributed by atoms with van der Waals surface area (Å²) in [5, 5.41) is 3.63. The number of rotatable bonds is 4. The fraction of sp³-hybridized carbons (Fsp3) is 0.333. The maximum atomic E-state index is 5.95. The van der Waals surface area contributed by atoms with E-state index in [9.17, 15) is 0 Å². The lowest BCUT2D eigenvalue weighted by atomic mass is 10.0. The number of fused-ring (bicyclic) bond motifs is 1. The van der Waals surface area contributed by atoms with Gasteiger partial charge in [-0.2, -0.15) is 0 Å². The highest BCUT2D eigenvalue weighted by atomic mass is 79.9. The molecule has 1 aliphatic heterocycles. The van der Waals surface area contributed by atoms with Crippen LogP contribution in [0.15, 0.2) is 34.8 Å². The van der Waals surface area contributed by atoms with Crippen LogP contribution in [0.4, 0.5) is 0 Å². The van der Waals surface area contributed by atoms with Crippen molar-refractivity contribution in [1.82, 2.24) is 5.32 Å². The van der Waals surface area contributed by atoms with Gasteiger partial charge >= 0.3 is 0 Å². The molecule has 0 saturated carbocycles. The molecule has 1 aliphatic rings. The SMILES string of the molecule is Clc1ccc(CCNC2CCOc3ccc(Br)cc32)s1. The van der Waals surface area contributed by atoms with Crippen LogP contribution in [-0.2, 0) is 6.42 Å². The summed E-state index contributed by atoms with van der Waals surface area (Å²) in [5.74, 6) is 0.996. The van der Waals surface area contributed by atoms with Gasteiger partial charge in [0.2, 0.25) is 0 Å². The summed E-state index contributed by atoms with van der Waals surface area (Å²) in [7, 11) is 0. The van der Waals surface area contributed by atoms with Gasteiger partial charge in [0.05, 0.1) is 10.9 Å². The van der Waals surface area contributed by atoms with Gasteiger partial charge in [-0.25, -0.2) is 0 Å². The topological polar surface area (TPSA) is 21.3 Å². The predicted octanol–water partition coefficient (Wildman–Crippen LogP) is 4.82. The highest BCUT2D eigenvalue weighted by Crippen LogP contribution is 2.34. The van der Waals surface area contributed by atoms with E-state index in [2.05, 4.69) is 33.4 Å².